The number of nitrogens with zero attached hydrogens (tertiary/aromatic N) is 1. The largest absolute Gasteiger partial charge is 0.327 e. The predicted molar refractivity (Wildman–Crippen MR) is 58.6 cm³/mol. The van der Waals surface area contributed by atoms with Crippen LogP contribution in [0.3, 0.4) is 0 Å². The standard InChI is InChI=1S/C12H16N2/c1-2-3-4-7-12(13)9-11-6-5-8-14-10-11/h5-6,8,10,12H,4,7,9,13H2,1H3. The summed E-state index contributed by atoms with van der Waals surface area (Å²) in [6.45, 7) is 1.85. The van der Waals surface area contributed by atoms with Gasteiger partial charge in [-0.1, -0.05) is 6.07 Å². The van der Waals surface area contributed by atoms with Crippen LogP contribution in [0.15, 0.2) is 24.5 Å². The van der Waals surface area contributed by atoms with E-state index in [9.17, 15) is 0 Å². The average Bonchev–Trinajstić information content (AvgIpc) is 2.20. The fourth-order valence-corrected chi connectivity index (χ4v) is 1.31. The fourth-order valence-electron chi connectivity index (χ4n) is 1.31. The van der Waals surface area contributed by atoms with Crippen LogP contribution < -0.4 is 5.73 Å². The summed E-state index contributed by atoms with van der Waals surface area (Å²) in [6, 6.07) is 4.19. The van der Waals surface area contributed by atoms with Crippen molar-refractivity contribution in [2.24, 2.45) is 5.73 Å². The lowest BCUT2D eigenvalue weighted by Gasteiger charge is -2.08. The molecule has 2 nitrogen and oxygen atoms in total. The lowest BCUT2D eigenvalue weighted by atomic mass is 10.0. The zero-order valence-corrected chi connectivity index (χ0v) is 8.53. The Labute approximate surface area is 85.5 Å². The zero-order valence-electron chi connectivity index (χ0n) is 8.53. The van der Waals surface area contributed by atoms with Crippen molar-refractivity contribution in [2.45, 2.75) is 32.2 Å². The highest BCUT2D eigenvalue weighted by Gasteiger charge is 2.02. The normalized spacial score (nSPS) is 11.6. The first-order chi connectivity index (χ1) is 6.83. The third-order valence-corrected chi connectivity index (χ3v) is 2.04. The second kappa shape index (κ2) is 6.17. The molecular weight excluding hydrogens is 172 g/mol. The molecule has 1 rings (SSSR count). The van der Waals surface area contributed by atoms with Crippen LogP contribution in [0.2, 0.25) is 0 Å². The average molecular weight is 188 g/mol. The molecule has 0 saturated heterocycles. The van der Waals surface area contributed by atoms with Gasteiger partial charge in [-0.2, -0.15) is 0 Å². The van der Waals surface area contributed by atoms with E-state index in [1.807, 2.05) is 19.2 Å². The first-order valence-corrected chi connectivity index (χ1v) is 4.87. The minimum absolute atomic E-state index is 0.194. The first kappa shape index (κ1) is 10.7. The molecule has 74 valence electrons. The van der Waals surface area contributed by atoms with Crippen molar-refractivity contribution >= 4 is 0 Å². The molecule has 0 amide bonds. The summed E-state index contributed by atoms with van der Waals surface area (Å²) < 4.78 is 0. The van der Waals surface area contributed by atoms with E-state index in [-0.39, 0.29) is 6.04 Å². The lowest BCUT2D eigenvalue weighted by molar-refractivity contribution is 0.621. The molecule has 2 N–H and O–H groups in total. The molecule has 0 radical (unpaired) electrons. The molecule has 0 aliphatic carbocycles. The molecule has 1 unspecified atom stereocenters. The van der Waals surface area contributed by atoms with E-state index in [1.165, 1.54) is 5.56 Å². The van der Waals surface area contributed by atoms with Crippen molar-refractivity contribution in [2.75, 3.05) is 0 Å². The number of pyridine rings is 1. The minimum atomic E-state index is 0.194. The van der Waals surface area contributed by atoms with Gasteiger partial charge >= 0.3 is 0 Å². The molecule has 0 aliphatic heterocycles. The summed E-state index contributed by atoms with van der Waals surface area (Å²) >= 11 is 0. The Hall–Kier alpha value is -1.33. The molecule has 0 bridgehead atoms. The fraction of sp³-hybridized carbons (Fsp3) is 0.417. The van der Waals surface area contributed by atoms with Gasteiger partial charge in [0.15, 0.2) is 0 Å². The molecule has 14 heavy (non-hydrogen) atoms. The second-order valence-electron chi connectivity index (χ2n) is 3.29. The van der Waals surface area contributed by atoms with E-state index in [0.29, 0.717) is 0 Å². The lowest BCUT2D eigenvalue weighted by Crippen LogP contribution is -2.22. The van der Waals surface area contributed by atoms with Gasteiger partial charge in [0.25, 0.3) is 0 Å². The molecular formula is C12H16N2. The highest BCUT2D eigenvalue weighted by Crippen LogP contribution is 2.03. The maximum absolute atomic E-state index is 5.95. The van der Waals surface area contributed by atoms with Crippen LogP contribution in [0.5, 0.6) is 0 Å². The highest BCUT2D eigenvalue weighted by molar-refractivity contribution is 5.10. The summed E-state index contributed by atoms with van der Waals surface area (Å²) in [5.41, 5.74) is 7.15. The van der Waals surface area contributed by atoms with Crippen LogP contribution in [0, 0.1) is 11.8 Å². The Morgan fingerprint density at radius 2 is 2.43 bits per heavy atom. The van der Waals surface area contributed by atoms with E-state index >= 15 is 0 Å². The van der Waals surface area contributed by atoms with Crippen molar-refractivity contribution in [1.82, 2.24) is 4.98 Å². The Balaban J connectivity index is 2.33. The number of nitrogens with two attached hydrogens (primary N) is 1. The van der Waals surface area contributed by atoms with Crippen molar-refractivity contribution < 1.29 is 0 Å². The van der Waals surface area contributed by atoms with Crippen molar-refractivity contribution in [3.8, 4) is 11.8 Å². The molecule has 1 aromatic rings. The van der Waals surface area contributed by atoms with Crippen molar-refractivity contribution in [1.29, 1.82) is 0 Å². The number of rotatable bonds is 4. The monoisotopic (exact) mass is 188 g/mol. The molecule has 0 aromatic carbocycles. The quantitative estimate of drug-likeness (QED) is 0.731. The Kier molecular flexibility index (Phi) is 4.74. The van der Waals surface area contributed by atoms with Gasteiger partial charge in [-0.05, 0) is 31.4 Å². The van der Waals surface area contributed by atoms with Crippen LogP contribution in [-0.2, 0) is 6.42 Å². The van der Waals surface area contributed by atoms with Crippen LogP contribution in [0.1, 0.15) is 25.3 Å². The molecule has 1 atom stereocenters. The van der Waals surface area contributed by atoms with Gasteiger partial charge in [0.05, 0.1) is 0 Å². The minimum Gasteiger partial charge on any atom is -0.327 e. The van der Waals surface area contributed by atoms with Gasteiger partial charge < -0.3 is 5.73 Å². The molecule has 1 heterocycles. The summed E-state index contributed by atoms with van der Waals surface area (Å²) in [5.74, 6) is 5.89. The smallest absolute Gasteiger partial charge is 0.0300 e. The Morgan fingerprint density at radius 3 is 3.07 bits per heavy atom. The molecule has 2 heteroatoms. The van der Waals surface area contributed by atoms with Crippen molar-refractivity contribution in [3.63, 3.8) is 0 Å². The van der Waals surface area contributed by atoms with Gasteiger partial charge in [-0.3, -0.25) is 4.98 Å². The molecule has 0 saturated carbocycles. The summed E-state index contributed by atoms with van der Waals surface area (Å²) in [7, 11) is 0. The van der Waals surface area contributed by atoms with Crippen molar-refractivity contribution in [3.05, 3.63) is 30.1 Å². The maximum atomic E-state index is 5.95. The molecule has 0 aliphatic rings. The zero-order chi connectivity index (χ0) is 10.2. The van der Waals surface area contributed by atoms with Gasteiger partial charge in [-0.25, -0.2) is 0 Å². The highest BCUT2D eigenvalue weighted by atomic mass is 14.6. The Bertz CT molecular complexity index is 308. The van der Waals surface area contributed by atoms with Crippen LogP contribution in [0.4, 0.5) is 0 Å². The van der Waals surface area contributed by atoms with E-state index < -0.39 is 0 Å². The van der Waals surface area contributed by atoms with Gasteiger partial charge in [0.2, 0.25) is 0 Å². The number of aromatic nitrogens is 1. The first-order valence-electron chi connectivity index (χ1n) is 4.87. The van der Waals surface area contributed by atoms with E-state index in [2.05, 4.69) is 22.9 Å². The van der Waals surface area contributed by atoms with Crippen LogP contribution >= 0.6 is 0 Å². The summed E-state index contributed by atoms with van der Waals surface area (Å²) in [6.07, 6.45) is 6.37. The SMILES string of the molecule is CC#CCCC(N)Cc1cccnc1. The van der Waals surface area contributed by atoms with E-state index in [0.717, 1.165) is 19.3 Å². The molecule has 0 fully saturated rings. The van der Waals surface area contributed by atoms with Crippen LogP contribution in [-0.4, -0.2) is 11.0 Å². The van der Waals surface area contributed by atoms with Gasteiger partial charge in [0, 0.05) is 24.9 Å². The van der Waals surface area contributed by atoms with E-state index in [1.54, 1.807) is 6.20 Å². The summed E-state index contributed by atoms with van der Waals surface area (Å²) in [5, 5.41) is 0. The summed E-state index contributed by atoms with van der Waals surface area (Å²) in [4.78, 5) is 4.05. The third kappa shape index (κ3) is 4.06. The van der Waals surface area contributed by atoms with Gasteiger partial charge in [-0.15, -0.1) is 11.8 Å². The third-order valence-electron chi connectivity index (χ3n) is 2.04. The van der Waals surface area contributed by atoms with E-state index in [4.69, 9.17) is 5.73 Å². The number of hydrogen-bond donors (Lipinski definition) is 1. The van der Waals surface area contributed by atoms with Crippen LogP contribution in [0.25, 0.3) is 0 Å². The molecule has 0 spiro atoms. The Morgan fingerprint density at radius 1 is 1.57 bits per heavy atom. The topological polar surface area (TPSA) is 38.9 Å². The molecule has 1 aromatic heterocycles. The van der Waals surface area contributed by atoms with Gasteiger partial charge in [0.1, 0.15) is 0 Å². The predicted octanol–water partition coefficient (Wildman–Crippen LogP) is 1.75. The maximum Gasteiger partial charge on any atom is 0.0300 e. The second-order valence-corrected chi connectivity index (χ2v) is 3.29. The number of hydrogen-bond acceptors (Lipinski definition) is 2.